The predicted octanol–water partition coefficient (Wildman–Crippen LogP) is 2.98. The molecule has 0 saturated heterocycles. The number of hydrogen-bond acceptors (Lipinski definition) is 2. The van der Waals surface area contributed by atoms with E-state index in [0.29, 0.717) is 0 Å². The third-order valence-electron chi connectivity index (χ3n) is 2.19. The topological polar surface area (TPSA) is 20.3 Å². The molecule has 0 N–H and O–H groups in total. The second-order valence-corrected chi connectivity index (χ2v) is 5.09. The van der Waals surface area contributed by atoms with Crippen molar-refractivity contribution in [3.8, 4) is 0 Å². The van der Waals surface area contributed by atoms with Gasteiger partial charge in [-0.15, -0.1) is 0 Å². The molecule has 0 aliphatic heterocycles. The first-order valence-electron chi connectivity index (χ1n) is 5.19. The Kier molecular flexibility index (Phi) is 3.51. The summed E-state index contributed by atoms with van der Waals surface area (Å²) in [6.45, 7) is 7.49. The van der Waals surface area contributed by atoms with Crippen molar-refractivity contribution in [3.05, 3.63) is 29.8 Å². The number of anilines is 1. The minimum atomic E-state index is 0.227. The zero-order chi connectivity index (χ0) is 11.5. The molecule has 0 spiro atoms. The van der Waals surface area contributed by atoms with Crippen LogP contribution in [-0.2, 0) is 0 Å². The lowest BCUT2D eigenvalue weighted by molar-refractivity contribution is 0.112. The zero-order valence-corrected chi connectivity index (χ0v) is 9.95. The van der Waals surface area contributed by atoms with Crippen molar-refractivity contribution in [1.82, 2.24) is 0 Å². The maximum atomic E-state index is 10.9. The van der Waals surface area contributed by atoms with Gasteiger partial charge in [-0.05, 0) is 17.5 Å². The standard InChI is InChI=1S/C13H19NO/c1-13(2,3)10-14(4)12-8-6-5-7-11(12)9-15/h5-9H,10H2,1-4H3. The lowest BCUT2D eigenvalue weighted by Crippen LogP contribution is -2.29. The first kappa shape index (κ1) is 11.8. The summed E-state index contributed by atoms with van der Waals surface area (Å²) in [7, 11) is 2.02. The van der Waals surface area contributed by atoms with E-state index in [1.807, 2.05) is 31.3 Å². The summed E-state index contributed by atoms with van der Waals surface area (Å²) in [6.07, 6.45) is 0.911. The molecule has 15 heavy (non-hydrogen) atoms. The zero-order valence-electron chi connectivity index (χ0n) is 9.95. The monoisotopic (exact) mass is 205 g/mol. The summed E-state index contributed by atoms with van der Waals surface area (Å²) in [5.74, 6) is 0. The van der Waals surface area contributed by atoms with Crippen LogP contribution in [0.5, 0.6) is 0 Å². The SMILES string of the molecule is CN(CC(C)(C)C)c1ccccc1C=O. The van der Waals surface area contributed by atoms with Crippen molar-refractivity contribution >= 4 is 12.0 Å². The van der Waals surface area contributed by atoms with Crippen LogP contribution in [0.25, 0.3) is 0 Å². The van der Waals surface area contributed by atoms with Crippen molar-refractivity contribution in [2.24, 2.45) is 5.41 Å². The number of carbonyl (C=O) groups is 1. The van der Waals surface area contributed by atoms with E-state index in [1.165, 1.54) is 0 Å². The van der Waals surface area contributed by atoms with Gasteiger partial charge in [-0.2, -0.15) is 0 Å². The van der Waals surface area contributed by atoms with E-state index in [0.717, 1.165) is 24.1 Å². The Balaban J connectivity index is 2.90. The van der Waals surface area contributed by atoms with Gasteiger partial charge in [-0.1, -0.05) is 32.9 Å². The van der Waals surface area contributed by atoms with Crippen LogP contribution in [-0.4, -0.2) is 19.9 Å². The van der Waals surface area contributed by atoms with Crippen LogP contribution in [0.2, 0.25) is 0 Å². The second-order valence-electron chi connectivity index (χ2n) is 5.09. The van der Waals surface area contributed by atoms with Crippen LogP contribution in [0, 0.1) is 5.41 Å². The molecule has 0 amide bonds. The highest BCUT2D eigenvalue weighted by molar-refractivity contribution is 5.84. The molecule has 2 nitrogen and oxygen atoms in total. The number of para-hydroxylation sites is 1. The lowest BCUT2D eigenvalue weighted by Gasteiger charge is -2.29. The number of carbonyl (C=O) groups excluding carboxylic acids is 1. The molecule has 1 aromatic rings. The number of nitrogens with zero attached hydrogens (tertiary/aromatic N) is 1. The van der Waals surface area contributed by atoms with Crippen LogP contribution < -0.4 is 4.90 Å². The second kappa shape index (κ2) is 4.47. The van der Waals surface area contributed by atoms with Crippen LogP contribution in [0.3, 0.4) is 0 Å². The van der Waals surface area contributed by atoms with E-state index in [2.05, 4.69) is 25.7 Å². The first-order chi connectivity index (χ1) is 6.94. The summed E-state index contributed by atoms with van der Waals surface area (Å²) in [5, 5.41) is 0. The average Bonchev–Trinajstić information content (AvgIpc) is 2.15. The number of rotatable bonds is 3. The Hall–Kier alpha value is -1.31. The van der Waals surface area contributed by atoms with Gasteiger partial charge in [0.2, 0.25) is 0 Å². The molecule has 0 bridgehead atoms. The first-order valence-corrected chi connectivity index (χ1v) is 5.19. The smallest absolute Gasteiger partial charge is 0.152 e. The largest absolute Gasteiger partial charge is 0.373 e. The van der Waals surface area contributed by atoms with Gasteiger partial charge >= 0.3 is 0 Å². The Morgan fingerprint density at radius 3 is 2.40 bits per heavy atom. The highest BCUT2D eigenvalue weighted by Crippen LogP contribution is 2.22. The van der Waals surface area contributed by atoms with Crippen molar-refractivity contribution in [1.29, 1.82) is 0 Å². The fourth-order valence-corrected chi connectivity index (χ4v) is 1.73. The molecule has 1 aromatic carbocycles. The fourth-order valence-electron chi connectivity index (χ4n) is 1.73. The van der Waals surface area contributed by atoms with Gasteiger partial charge in [0.15, 0.2) is 6.29 Å². The van der Waals surface area contributed by atoms with Crippen molar-refractivity contribution in [2.45, 2.75) is 20.8 Å². The van der Waals surface area contributed by atoms with E-state index in [-0.39, 0.29) is 5.41 Å². The third kappa shape index (κ3) is 3.39. The highest BCUT2D eigenvalue weighted by Gasteiger charge is 2.15. The molecule has 2 heteroatoms. The van der Waals surface area contributed by atoms with Gasteiger partial charge in [-0.3, -0.25) is 4.79 Å². The van der Waals surface area contributed by atoms with Crippen molar-refractivity contribution < 1.29 is 4.79 Å². The summed E-state index contributed by atoms with van der Waals surface area (Å²) in [4.78, 5) is 13.0. The van der Waals surface area contributed by atoms with Gasteiger partial charge in [0, 0.05) is 24.8 Å². The van der Waals surface area contributed by atoms with E-state index >= 15 is 0 Å². The van der Waals surface area contributed by atoms with Crippen LogP contribution in [0.4, 0.5) is 5.69 Å². The quantitative estimate of drug-likeness (QED) is 0.707. The number of benzene rings is 1. The molecule has 0 radical (unpaired) electrons. The Morgan fingerprint density at radius 1 is 1.27 bits per heavy atom. The van der Waals surface area contributed by atoms with Crippen LogP contribution in [0.15, 0.2) is 24.3 Å². The molecule has 0 aliphatic carbocycles. The molecular weight excluding hydrogens is 186 g/mol. The van der Waals surface area contributed by atoms with Crippen LogP contribution >= 0.6 is 0 Å². The minimum absolute atomic E-state index is 0.227. The molecule has 0 fully saturated rings. The molecule has 0 unspecified atom stereocenters. The Labute approximate surface area is 91.9 Å². The molecule has 82 valence electrons. The molecule has 0 atom stereocenters. The highest BCUT2D eigenvalue weighted by atomic mass is 16.1. The van der Waals surface area contributed by atoms with Gasteiger partial charge in [0.25, 0.3) is 0 Å². The van der Waals surface area contributed by atoms with Gasteiger partial charge in [0.1, 0.15) is 0 Å². The normalized spacial score (nSPS) is 11.2. The molecule has 0 aliphatic rings. The maximum absolute atomic E-state index is 10.9. The number of aldehydes is 1. The predicted molar refractivity (Wildman–Crippen MR) is 64.6 cm³/mol. The number of hydrogen-bond donors (Lipinski definition) is 0. The van der Waals surface area contributed by atoms with E-state index < -0.39 is 0 Å². The Bertz CT molecular complexity index is 339. The summed E-state index contributed by atoms with van der Waals surface area (Å²) >= 11 is 0. The fraction of sp³-hybridized carbons (Fsp3) is 0.462. The molecule has 1 rings (SSSR count). The van der Waals surface area contributed by atoms with Gasteiger partial charge in [0.05, 0.1) is 0 Å². The van der Waals surface area contributed by atoms with E-state index in [4.69, 9.17) is 0 Å². The maximum Gasteiger partial charge on any atom is 0.152 e. The molecular formula is C13H19NO. The molecule has 0 saturated carbocycles. The average molecular weight is 205 g/mol. The summed E-state index contributed by atoms with van der Waals surface area (Å²) in [5.41, 5.74) is 1.98. The Morgan fingerprint density at radius 2 is 1.87 bits per heavy atom. The molecule has 0 aromatic heterocycles. The third-order valence-corrected chi connectivity index (χ3v) is 2.19. The van der Waals surface area contributed by atoms with Crippen LogP contribution in [0.1, 0.15) is 31.1 Å². The van der Waals surface area contributed by atoms with Crippen molar-refractivity contribution in [3.63, 3.8) is 0 Å². The summed E-state index contributed by atoms with van der Waals surface area (Å²) in [6, 6.07) is 7.68. The van der Waals surface area contributed by atoms with E-state index in [1.54, 1.807) is 0 Å². The van der Waals surface area contributed by atoms with Gasteiger partial charge in [-0.25, -0.2) is 0 Å². The van der Waals surface area contributed by atoms with Crippen molar-refractivity contribution in [2.75, 3.05) is 18.5 Å². The molecule has 0 heterocycles. The summed E-state index contributed by atoms with van der Waals surface area (Å²) < 4.78 is 0. The minimum Gasteiger partial charge on any atom is -0.373 e. The lowest BCUT2D eigenvalue weighted by atomic mass is 9.96. The van der Waals surface area contributed by atoms with Gasteiger partial charge < -0.3 is 4.90 Å². The van der Waals surface area contributed by atoms with E-state index in [9.17, 15) is 4.79 Å².